The van der Waals surface area contributed by atoms with Gasteiger partial charge in [-0.3, -0.25) is 4.98 Å². The van der Waals surface area contributed by atoms with Gasteiger partial charge in [0.15, 0.2) is 11.5 Å². The van der Waals surface area contributed by atoms with Gasteiger partial charge in [0.25, 0.3) is 0 Å². The van der Waals surface area contributed by atoms with Crippen molar-refractivity contribution in [1.82, 2.24) is 9.97 Å². The van der Waals surface area contributed by atoms with E-state index in [1.165, 1.54) is 12.1 Å². The van der Waals surface area contributed by atoms with E-state index < -0.39 is 24.7 Å². The molecule has 2 heterocycles. The lowest BCUT2D eigenvalue weighted by Crippen LogP contribution is -2.23. The van der Waals surface area contributed by atoms with E-state index in [2.05, 4.69) is 43.6 Å². The number of aromatic nitrogens is 2. The van der Waals surface area contributed by atoms with E-state index in [0.717, 1.165) is 28.1 Å². The Morgan fingerprint density at radius 1 is 0.605 bits per heavy atom. The van der Waals surface area contributed by atoms with E-state index in [1.807, 2.05) is 60.7 Å². The van der Waals surface area contributed by atoms with Crippen molar-refractivity contribution in [3.8, 4) is 11.5 Å². The molecule has 5 aromatic rings. The number of pyridine rings is 2. The molecule has 9 heteroatoms. The molecule has 0 spiro atoms. The lowest BCUT2D eigenvalue weighted by atomic mass is 9.86. The van der Waals surface area contributed by atoms with E-state index in [4.69, 9.17) is 4.98 Å². The first-order valence-corrected chi connectivity index (χ1v) is 13.7. The topological polar surface area (TPSA) is 47.5 Å². The largest absolute Gasteiger partial charge is 0.431 e. The third-order valence-corrected chi connectivity index (χ3v) is 6.92. The standard InChI is InChI=1S/C34H29F4N3O2/c35-33(36)42-30-13-11-27(20-31(30)43-34(37)38)29(19-24-15-17-39-18-16-24)28-12-14-32(40-21-28)41(22-25-7-3-1-4-8-25)23-26-9-5-2-6-10-26/h1-18,20-21,29,33-34H,19,22-23H2. The van der Waals surface area contributed by atoms with Gasteiger partial charge in [-0.2, -0.15) is 17.6 Å². The van der Waals surface area contributed by atoms with Crippen molar-refractivity contribution >= 4 is 5.82 Å². The second kappa shape index (κ2) is 14.3. The highest BCUT2D eigenvalue weighted by atomic mass is 19.3. The molecule has 0 aliphatic rings. The maximum absolute atomic E-state index is 13.2. The molecule has 1 unspecified atom stereocenters. The van der Waals surface area contributed by atoms with Crippen LogP contribution in [0.5, 0.6) is 11.5 Å². The predicted molar refractivity (Wildman–Crippen MR) is 156 cm³/mol. The van der Waals surface area contributed by atoms with E-state index >= 15 is 0 Å². The van der Waals surface area contributed by atoms with Gasteiger partial charge in [-0.15, -0.1) is 0 Å². The Bertz CT molecular complexity index is 1520. The summed E-state index contributed by atoms with van der Waals surface area (Å²) in [5.41, 5.74) is 4.61. The Morgan fingerprint density at radius 3 is 1.74 bits per heavy atom. The highest BCUT2D eigenvalue weighted by Crippen LogP contribution is 2.37. The normalized spacial score (nSPS) is 11.9. The molecular formula is C34H29F4N3O2. The Hall–Kier alpha value is -4.92. The molecular weight excluding hydrogens is 558 g/mol. The second-order valence-corrected chi connectivity index (χ2v) is 9.85. The third kappa shape index (κ3) is 8.31. The number of anilines is 1. The van der Waals surface area contributed by atoms with E-state index in [-0.39, 0.29) is 5.92 Å². The van der Waals surface area contributed by atoms with Crippen molar-refractivity contribution in [2.45, 2.75) is 38.7 Å². The van der Waals surface area contributed by atoms with Crippen molar-refractivity contribution < 1.29 is 27.0 Å². The minimum atomic E-state index is -3.21. The SMILES string of the molecule is FC(F)Oc1ccc(C(Cc2ccncc2)c2ccc(N(Cc3ccccc3)Cc3ccccc3)nc2)cc1OC(F)F. The van der Waals surface area contributed by atoms with Crippen LogP contribution in [-0.2, 0) is 19.5 Å². The molecule has 0 aliphatic carbocycles. The number of ether oxygens (including phenoxy) is 2. The van der Waals surface area contributed by atoms with Gasteiger partial charge >= 0.3 is 13.2 Å². The van der Waals surface area contributed by atoms with E-state index in [0.29, 0.717) is 25.1 Å². The quantitative estimate of drug-likeness (QED) is 0.130. The van der Waals surface area contributed by atoms with Crippen molar-refractivity contribution in [2.24, 2.45) is 0 Å². The van der Waals surface area contributed by atoms with E-state index in [9.17, 15) is 17.6 Å². The summed E-state index contributed by atoms with van der Waals surface area (Å²) in [6, 6.07) is 32.0. The Labute approximate surface area is 247 Å². The van der Waals surface area contributed by atoms with Crippen molar-refractivity contribution in [3.63, 3.8) is 0 Å². The monoisotopic (exact) mass is 587 g/mol. The molecule has 0 saturated heterocycles. The van der Waals surface area contributed by atoms with E-state index in [1.54, 1.807) is 24.7 Å². The summed E-state index contributed by atoms with van der Waals surface area (Å²) in [5, 5.41) is 0. The van der Waals surface area contributed by atoms with Crippen LogP contribution < -0.4 is 14.4 Å². The van der Waals surface area contributed by atoms with Crippen LogP contribution in [0.4, 0.5) is 23.4 Å². The summed E-state index contributed by atoms with van der Waals surface area (Å²) in [6.07, 6.45) is 5.58. The highest BCUT2D eigenvalue weighted by Gasteiger charge is 2.22. The van der Waals surface area contributed by atoms with Gasteiger partial charge in [0.2, 0.25) is 0 Å². The summed E-state index contributed by atoms with van der Waals surface area (Å²) >= 11 is 0. The molecule has 0 radical (unpaired) electrons. The fourth-order valence-electron chi connectivity index (χ4n) is 4.92. The molecule has 1 atom stereocenters. The maximum atomic E-state index is 13.2. The van der Waals surface area contributed by atoms with Crippen molar-refractivity contribution in [2.75, 3.05) is 4.90 Å². The molecule has 220 valence electrons. The van der Waals surface area contributed by atoms with Crippen LogP contribution in [0.15, 0.2) is 122 Å². The number of hydrogen-bond acceptors (Lipinski definition) is 5. The predicted octanol–water partition coefficient (Wildman–Crippen LogP) is 8.26. The number of rotatable bonds is 13. The van der Waals surface area contributed by atoms with Crippen molar-refractivity contribution in [3.05, 3.63) is 150 Å². The minimum absolute atomic E-state index is 0.360. The number of benzene rings is 3. The molecule has 0 N–H and O–H groups in total. The summed E-state index contributed by atoms with van der Waals surface area (Å²) in [5.74, 6) is -0.524. The summed E-state index contributed by atoms with van der Waals surface area (Å²) in [4.78, 5) is 11.1. The molecule has 3 aromatic carbocycles. The fraction of sp³-hybridized carbons (Fsp3) is 0.176. The Balaban J connectivity index is 1.49. The molecule has 0 amide bonds. The lowest BCUT2D eigenvalue weighted by Gasteiger charge is -2.25. The van der Waals surface area contributed by atoms with Crippen LogP contribution in [0.25, 0.3) is 0 Å². The molecule has 0 bridgehead atoms. The Kier molecular flexibility index (Phi) is 9.84. The third-order valence-electron chi connectivity index (χ3n) is 6.92. The number of hydrogen-bond donors (Lipinski definition) is 0. The molecule has 0 aliphatic heterocycles. The zero-order valence-electron chi connectivity index (χ0n) is 23.1. The van der Waals surface area contributed by atoms with Gasteiger partial charge in [0.1, 0.15) is 5.82 Å². The van der Waals surface area contributed by atoms with Gasteiger partial charge in [0.05, 0.1) is 0 Å². The smallest absolute Gasteiger partial charge is 0.387 e. The van der Waals surface area contributed by atoms with Crippen LogP contribution >= 0.6 is 0 Å². The fourth-order valence-corrected chi connectivity index (χ4v) is 4.92. The molecule has 43 heavy (non-hydrogen) atoms. The summed E-state index contributed by atoms with van der Waals surface area (Å²) in [7, 11) is 0. The molecule has 0 fully saturated rings. The average molecular weight is 588 g/mol. The number of alkyl halides is 4. The van der Waals surface area contributed by atoms with Gasteiger partial charge in [0, 0.05) is 37.6 Å². The zero-order valence-corrected chi connectivity index (χ0v) is 23.1. The van der Waals surface area contributed by atoms with Crippen LogP contribution in [0.1, 0.15) is 33.7 Å². The van der Waals surface area contributed by atoms with Gasteiger partial charge in [-0.05, 0) is 64.6 Å². The van der Waals surface area contributed by atoms with Gasteiger partial charge in [-0.1, -0.05) is 72.8 Å². The number of nitrogens with zero attached hydrogens (tertiary/aromatic N) is 3. The van der Waals surface area contributed by atoms with Crippen LogP contribution in [-0.4, -0.2) is 23.2 Å². The summed E-state index contributed by atoms with van der Waals surface area (Å²) < 4.78 is 61.3. The molecule has 5 nitrogen and oxygen atoms in total. The average Bonchev–Trinajstić information content (AvgIpc) is 3.02. The number of halogens is 4. The van der Waals surface area contributed by atoms with Crippen molar-refractivity contribution in [1.29, 1.82) is 0 Å². The van der Waals surface area contributed by atoms with Crippen LogP contribution in [0, 0.1) is 0 Å². The molecule has 2 aromatic heterocycles. The van der Waals surface area contributed by atoms with Crippen LogP contribution in [0.3, 0.4) is 0 Å². The minimum Gasteiger partial charge on any atom is -0.431 e. The molecule has 5 rings (SSSR count). The van der Waals surface area contributed by atoms with Gasteiger partial charge in [-0.25, -0.2) is 4.98 Å². The maximum Gasteiger partial charge on any atom is 0.387 e. The Morgan fingerprint density at radius 2 is 1.19 bits per heavy atom. The first-order valence-electron chi connectivity index (χ1n) is 13.7. The lowest BCUT2D eigenvalue weighted by molar-refractivity contribution is -0.0692. The second-order valence-electron chi connectivity index (χ2n) is 9.85. The van der Waals surface area contributed by atoms with Gasteiger partial charge < -0.3 is 14.4 Å². The molecule has 0 saturated carbocycles. The van der Waals surface area contributed by atoms with Crippen LogP contribution in [0.2, 0.25) is 0 Å². The first kappa shape index (κ1) is 29.6. The first-order chi connectivity index (χ1) is 20.9. The summed E-state index contributed by atoms with van der Waals surface area (Å²) in [6.45, 7) is -5.12. The zero-order chi connectivity index (χ0) is 30.0. The highest BCUT2D eigenvalue weighted by molar-refractivity contribution is 5.48.